The smallest absolute Gasteiger partial charge is 0.335 e. The number of halogens is 1. The molecule has 0 aliphatic carbocycles. The van der Waals surface area contributed by atoms with Crippen molar-refractivity contribution in [2.24, 2.45) is 0 Å². The summed E-state index contributed by atoms with van der Waals surface area (Å²) in [6.45, 7) is 3.72. The summed E-state index contributed by atoms with van der Waals surface area (Å²) in [6.07, 6.45) is 1.35. The van der Waals surface area contributed by atoms with E-state index in [0.29, 0.717) is 21.5 Å². The maximum absolute atomic E-state index is 13.0. The Kier molecular flexibility index (Phi) is 7.40. The number of amides is 5. The Morgan fingerprint density at radius 2 is 1.76 bits per heavy atom. The number of aryl methyl sites for hydroxylation is 2. The third-order valence-corrected chi connectivity index (χ3v) is 6.25. The van der Waals surface area contributed by atoms with Gasteiger partial charge in [-0.1, -0.05) is 12.1 Å². The van der Waals surface area contributed by atoms with Crippen LogP contribution in [0.3, 0.4) is 0 Å². The quantitative estimate of drug-likeness (QED) is 0.300. The average molecular weight is 564 g/mol. The van der Waals surface area contributed by atoms with Gasteiger partial charge in [0.1, 0.15) is 17.1 Å². The van der Waals surface area contributed by atoms with Crippen LogP contribution in [-0.2, 0) is 14.4 Å². The second kappa shape index (κ2) is 10.7. The molecular formula is C27H22BrN3O6. The fraction of sp³-hybridized carbons (Fsp3) is 0.111. The number of urea groups is 1. The Hall–Kier alpha value is -4.44. The Balaban J connectivity index is 1.46. The van der Waals surface area contributed by atoms with Crippen LogP contribution in [-0.4, -0.2) is 35.5 Å². The molecule has 0 atom stereocenters. The standard InChI is InChI=1S/C27H22BrN3O6/c1-15-3-5-18(11-16(15)2)29-24(33)14-37-23-10-4-17(13-22(23)28)12-21-25(34)30-27(36)31(26(21)35)19-6-8-20(32)9-7-19/h3-13,32H,14H2,1-2H3,(H,29,33)(H,30,34,36)/b21-12-. The lowest BCUT2D eigenvalue weighted by Gasteiger charge is -2.26. The minimum absolute atomic E-state index is 0.0321. The summed E-state index contributed by atoms with van der Waals surface area (Å²) in [5.74, 6) is -1.61. The largest absolute Gasteiger partial charge is 0.508 e. The molecule has 0 aromatic heterocycles. The van der Waals surface area contributed by atoms with Gasteiger partial charge in [-0.3, -0.25) is 19.7 Å². The van der Waals surface area contributed by atoms with Crippen molar-refractivity contribution < 1.29 is 29.0 Å². The first-order valence-corrected chi connectivity index (χ1v) is 11.9. The molecule has 5 amide bonds. The lowest BCUT2D eigenvalue weighted by molar-refractivity contribution is -0.122. The topological polar surface area (TPSA) is 125 Å². The number of rotatable bonds is 6. The molecule has 3 aromatic carbocycles. The molecule has 3 aromatic rings. The van der Waals surface area contributed by atoms with Crippen molar-refractivity contribution in [3.05, 3.63) is 87.4 Å². The number of aromatic hydroxyl groups is 1. The second-order valence-corrected chi connectivity index (χ2v) is 9.15. The Bertz CT molecular complexity index is 1450. The number of hydrogen-bond acceptors (Lipinski definition) is 6. The number of nitrogens with one attached hydrogen (secondary N) is 2. The van der Waals surface area contributed by atoms with E-state index >= 15 is 0 Å². The Morgan fingerprint density at radius 1 is 1.03 bits per heavy atom. The highest BCUT2D eigenvalue weighted by Gasteiger charge is 2.36. The minimum Gasteiger partial charge on any atom is -0.508 e. The van der Waals surface area contributed by atoms with Crippen LogP contribution in [0.4, 0.5) is 16.2 Å². The molecule has 1 aliphatic heterocycles. The summed E-state index contributed by atoms with van der Waals surface area (Å²) in [7, 11) is 0. The number of phenolic OH excluding ortho intramolecular Hbond substituents is 1. The van der Waals surface area contributed by atoms with Crippen molar-refractivity contribution in [3.63, 3.8) is 0 Å². The molecule has 1 saturated heterocycles. The second-order valence-electron chi connectivity index (χ2n) is 8.30. The van der Waals surface area contributed by atoms with Gasteiger partial charge in [0.05, 0.1) is 10.2 Å². The summed E-state index contributed by atoms with van der Waals surface area (Å²) in [6, 6.07) is 15.0. The number of nitrogens with zero attached hydrogens (tertiary/aromatic N) is 1. The highest BCUT2D eigenvalue weighted by Crippen LogP contribution is 2.28. The van der Waals surface area contributed by atoms with E-state index in [2.05, 4.69) is 26.6 Å². The lowest BCUT2D eigenvalue weighted by Crippen LogP contribution is -2.54. The van der Waals surface area contributed by atoms with Crippen LogP contribution < -0.4 is 20.3 Å². The lowest BCUT2D eigenvalue weighted by atomic mass is 10.1. The van der Waals surface area contributed by atoms with Gasteiger partial charge in [0, 0.05) is 5.69 Å². The molecule has 0 unspecified atom stereocenters. The summed E-state index contributed by atoms with van der Waals surface area (Å²) in [5, 5.41) is 14.4. The fourth-order valence-corrected chi connectivity index (χ4v) is 4.05. The van der Waals surface area contributed by atoms with E-state index in [9.17, 15) is 24.3 Å². The number of imide groups is 2. The number of phenols is 1. The van der Waals surface area contributed by atoms with Crippen molar-refractivity contribution in [1.82, 2.24) is 5.32 Å². The molecule has 0 spiro atoms. The summed E-state index contributed by atoms with van der Waals surface area (Å²) < 4.78 is 6.11. The van der Waals surface area contributed by atoms with Gasteiger partial charge in [-0.15, -0.1) is 0 Å². The Morgan fingerprint density at radius 3 is 2.43 bits per heavy atom. The molecule has 1 fully saturated rings. The highest BCUT2D eigenvalue weighted by molar-refractivity contribution is 9.10. The molecule has 188 valence electrons. The molecule has 1 heterocycles. The third-order valence-electron chi connectivity index (χ3n) is 5.63. The van der Waals surface area contributed by atoms with Crippen molar-refractivity contribution in [1.29, 1.82) is 0 Å². The first-order valence-electron chi connectivity index (χ1n) is 11.1. The SMILES string of the molecule is Cc1ccc(NC(=O)COc2ccc(/C=C3/C(=O)NC(=O)N(c4ccc(O)cc4)C3=O)cc2Br)cc1C. The number of carbonyl (C=O) groups is 4. The van der Waals surface area contributed by atoms with Gasteiger partial charge >= 0.3 is 6.03 Å². The normalized spacial score (nSPS) is 14.5. The van der Waals surface area contributed by atoms with E-state index in [0.717, 1.165) is 16.0 Å². The number of anilines is 2. The zero-order valence-electron chi connectivity index (χ0n) is 19.9. The number of ether oxygens (including phenoxy) is 1. The molecule has 37 heavy (non-hydrogen) atoms. The molecule has 10 heteroatoms. The molecule has 1 aliphatic rings. The van der Waals surface area contributed by atoms with Crippen molar-refractivity contribution in [3.8, 4) is 11.5 Å². The fourth-order valence-electron chi connectivity index (χ4n) is 3.54. The van der Waals surface area contributed by atoms with Crippen LogP contribution in [0.25, 0.3) is 6.08 Å². The Labute approximate surface area is 220 Å². The van der Waals surface area contributed by atoms with E-state index in [4.69, 9.17) is 4.74 Å². The van der Waals surface area contributed by atoms with Crippen LogP contribution in [0.2, 0.25) is 0 Å². The molecular weight excluding hydrogens is 542 g/mol. The van der Waals surface area contributed by atoms with Gasteiger partial charge in [-0.05, 0) is 101 Å². The predicted molar refractivity (Wildman–Crippen MR) is 141 cm³/mol. The van der Waals surface area contributed by atoms with Gasteiger partial charge < -0.3 is 15.2 Å². The molecule has 0 bridgehead atoms. The molecule has 0 radical (unpaired) electrons. The predicted octanol–water partition coefficient (Wildman–Crippen LogP) is 4.46. The van der Waals surface area contributed by atoms with Crippen molar-refractivity contribution >= 4 is 57.1 Å². The van der Waals surface area contributed by atoms with E-state index < -0.39 is 17.8 Å². The zero-order chi connectivity index (χ0) is 26.7. The van der Waals surface area contributed by atoms with Gasteiger partial charge in [0.2, 0.25) is 0 Å². The molecule has 4 rings (SSSR count). The van der Waals surface area contributed by atoms with Crippen molar-refractivity contribution in [2.45, 2.75) is 13.8 Å². The van der Waals surface area contributed by atoms with E-state index in [1.807, 2.05) is 32.0 Å². The van der Waals surface area contributed by atoms with Crippen LogP contribution in [0.1, 0.15) is 16.7 Å². The van der Waals surface area contributed by atoms with E-state index in [1.165, 1.54) is 30.3 Å². The maximum atomic E-state index is 13.0. The number of hydrogen-bond donors (Lipinski definition) is 3. The van der Waals surface area contributed by atoms with Gasteiger partial charge in [-0.25, -0.2) is 9.69 Å². The first kappa shape index (κ1) is 25.6. The summed E-state index contributed by atoms with van der Waals surface area (Å²) >= 11 is 3.38. The minimum atomic E-state index is -0.887. The van der Waals surface area contributed by atoms with Crippen LogP contribution in [0.15, 0.2) is 70.7 Å². The van der Waals surface area contributed by atoms with Crippen molar-refractivity contribution in [2.75, 3.05) is 16.8 Å². The highest BCUT2D eigenvalue weighted by atomic mass is 79.9. The summed E-state index contributed by atoms with van der Waals surface area (Å²) in [5.41, 5.74) is 3.29. The van der Waals surface area contributed by atoms with Gasteiger partial charge in [-0.2, -0.15) is 0 Å². The number of benzene rings is 3. The van der Waals surface area contributed by atoms with Crippen LogP contribution in [0.5, 0.6) is 11.5 Å². The zero-order valence-corrected chi connectivity index (χ0v) is 21.5. The van der Waals surface area contributed by atoms with E-state index in [1.54, 1.807) is 18.2 Å². The van der Waals surface area contributed by atoms with Crippen LogP contribution >= 0.6 is 15.9 Å². The first-order chi connectivity index (χ1) is 17.6. The summed E-state index contributed by atoms with van der Waals surface area (Å²) in [4.78, 5) is 50.8. The molecule has 3 N–H and O–H groups in total. The monoisotopic (exact) mass is 563 g/mol. The maximum Gasteiger partial charge on any atom is 0.335 e. The molecule has 9 nitrogen and oxygen atoms in total. The third kappa shape index (κ3) is 5.87. The number of barbiturate groups is 1. The van der Waals surface area contributed by atoms with Gasteiger partial charge in [0.15, 0.2) is 6.61 Å². The van der Waals surface area contributed by atoms with E-state index in [-0.39, 0.29) is 29.5 Å². The van der Waals surface area contributed by atoms with Crippen LogP contribution in [0, 0.1) is 13.8 Å². The molecule has 0 saturated carbocycles. The number of carbonyl (C=O) groups excluding carboxylic acids is 4. The average Bonchev–Trinajstić information content (AvgIpc) is 2.84. The van der Waals surface area contributed by atoms with Gasteiger partial charge in [0.25, 0.3) is 17.7 Å².